The molecular weight excluding hydrogens is 200 g/mol. The zero-order valence-electron chi connectivity index (χ0n) is 9.39. The van der Waals surface area contributed by atoms with Crippen molar-refractivity contribution in [1.29, 1.82) is 0 Å². The summed E-state index contributed by atoms with van der Waals surface area (Å²) < 4.78 is 5.28. The number of hydrogen-bond acceptors (Lipinski definition) is 3. The number of pyridine rings is 1. The number of nitrogens with zero attached hydrogens (tertiary/aromatic N) is 1. The summed E-state index contributed by atoms with van der Waals surface area (Å²) in [5.74, 6) is 0.983. The summed E-state index contributed by atoms with van der Waals surface area (Å²) in [4.78, 5) is 4.11. The van der Waals surface area contributed by atoms with Gasteiger partial charge in [0.1, 0.15) is 5.76 Å². The SMILES string of the molecule is Cc1ccncc1C(N)CCc1ccco1. The minimum Gasteiger partial charge on any atom is -0.469 e. The van der Waals surface area contributed by atoms with Crippen molar-refractivity contribution < 1.29 is 4.42 Å². The van der Waals surface area contributed by atoms with Gasteiger partial charge < -0.3 is 10.2 Å². The molecule has 0 spiro atoms. The fraction of sp³-hybridized carbons (Fsp3) is 0.308. The van der Waals surface area contributed by atoms with E-state index >= 15 is 0 Å². The first kappa shape index (κ1) is 10.9. The molecule has 0 aromatic carbocycles. The highest BCUT2D eigenvalue weighted by Gasteiger charge is 2.09. The number of hydrogen-bond donors (Lipinski definition) is 1. The van der Waals surface area contributed by atoms with E-state index in [9.17, 15) is 0 Å². The first-order chi connectivity index (χ1) is 7.77. The lowest BCUT2D eigenvalue weighted by Gasteiger charge is -2.13. The first-order valence-corrected chi connectivity index (χ1v) is 5.46. The van der Waals surface area contributed by atoms with Gasteiger partial charge in [-0.05, 0) is 42.7 Å². The van der Waals surface area contributed by atoms with Gasteiger partial charge in [-0.2, -0.15) is 0 Å². The van der Waals surface area contributed by atoms with Crippen LogP contribution in [0.4, 0.5) is 0 Å². The number of rotatable bonds is 4. The summed E-state index contributed by atoms with van der Waals surface area (Å²) >= 11 is 0. The molecule has 84 valence electrons. The lowest BCUT2D eigenvalue weighted by molar-refractivity contribution is 0.488. The maximum atomic E-state index is 6.13. The molecule has 16 heavy (non-hydrogen) atoms. The van der Waals surface area contributed by atoms with Crippen LogP contribution in [0, 0.1) is 6.92 Å². The number of furan rings is 1. The third kappa shape index (κ3) is 2.49. The predicted octanol–water partition coefficient (Wildman–Crippen LogP) is 2.62. The van der Waals surface area contributed by atoms with Crippen LogP contribution in [0.25, 0.3) is 0 Å². The average molecular weight is 216 g/mol. The van der Waals surface area contributed by atoms with Crippen molar-refractivity contribution in [1.82, 2.24) is 4.98 Å². The molecule has 2 N–H and O–H groups in total. The Bertz CT molecular complexity index is 437. The smallest absolute Gasteiger partial charge is 0.103 e. The molecule has 0 aliphatic rings. The van der Waals surface area contributed by atoms with Gasteiger partial charge in [-0.1, -0.05) is 0 Å². The Labute approximate surface area is 95.3 Å². The summed E-state index contributed by atoms with van der Waals surface area (Å²) in [6, 6.07) is 5.89. The summed E-state index contributed by atoms with van der Waals surface area (Å²) in [5, 5.41) is 0. The van der Waals surface area contributed by atoms with Crippen molar-refractivity contribution in [2.75, 3.05) is 0 Å². The molecule has 0 saturated heterocycles. The van der Waals surface area contributed by atoms with E-state index in [-0.39, 0.29) is 6.04 Å². The van der Waals surface area contributed by atoms with Crippen LogP contribution in [0.1, 0.15) is 29.3 Å². The van der Waals surface area contributed by atoms with Gasteiger partial charge in [0.25, 0.3) is 0 Å². The van der Waals surface area contributed by atoms with Gasteiger partial charge in [-0.15, -0.1) is 0 Å². The standard InChI is InChI=1S/C13H16N2O/c1-10-6-7-15-9-12(10)13(14)5-4-11-3-2-8-16-11/h2-3,6-9,13H,4-5,14H2,1H3. The number of nitrogens with two attached hydrogens (primary N) is 1. The second-order valence-corrected chi connectivity index (χ2v) is 3.96. The van der Waals surface area contributed by atoms with E-state index in [1.807, 2.05) is 24.4 Å². The maximum absolute atomic E-state index is 6.13. The van der Waals surface area contributed by atoms with E-state index in [2.05, 4.69) is 11.9 Å². The molecule has 0 aliphatic heterocycles. The summed E-state index contributed by atoms with van der Waals surface area (Å²) in [6.07, 6.45) is 7.07. The van der Waals surface area contributed by atoms with Crippen LogP contribution in [0.2, 0.25) is 0 Å². The van der Waals surface area contributed by atoms with E-state index in [1.54, 1.807) is 12.5 Å². The topological polar surface area (TPSA) is 52.0 Å². The van der Waals surface area contributed by atoms with E-state index in [0.717, 1.165) is 24.2 Å². The Balaban J connectivity index is 1.98. The fourth-order valence-corrected chi connectivity index (χ4v) is 1.77. The molecule has 0 saturated carbocycles. The van der Waals surface area contributed by atoms with Crippen molar-refractivity contribution in [3.63, 3.8) is 0 Å². The quantitative estimate of drug-likeness (QED) is 0.854. The van der Waals surface area contributed by atoms with Crippen molar-refractivity contribution in [2.24, 2.45) is 5.73 Å². The molecule has 0 bridgehead atoms. The molecule has 1 atom stereocenters. The third-order valence-electron chi connectivity index (χ3n) is 2.76. The minimum absolute atomic E-state index is 0.0267. The van der Waals surface area contributed by atoms with Crippen LogP contribution in [-0.4, -0.2) is 4.98 Å². The van der Waals surface area contributed by atoms with Gasteiger partial charge >= 0.3 is 0 Å². The van der Waals surface area contributed by atoms with E-state index in [4.69, 9.17) is 10.2 Å². The highest BCUT2D eigenvalue weighted by Crippen LogP contribution is 2.19. The largest absolute Gasteiger partial charge is 0.469 e. The molecule has 3 heteroatoms. The predicted molar refractivity (Wildman–Crippen MR) is 62.9 cm³/mol. The molecule has 3 nitrogen and oxygen atoms in total. The lowest BCUT2D eigenvalue weighted by Crippen LogP contribution is -2.12. The van der Waals surface area contributed by atoms with Crippen LogP contribution in [0.15, 0.2) is 41.3 Å². The van der Waals surface area contributed by atoms with Gasteiger partial charge in [0.2, 0.25) is 0 Å². The van der Waals surface area contributed by atoms with Crippen LogP contribution < -0.4 is 5.73 Å². The van der Waals surface area contributed by atoms with Crippen LogP contribution in [0.5, 0.6) is 0 Å². The summed E-state index contributed by atoms with van der Waals surface area (Å²) in [6.45, 7) is 2.06. The molecular formula is C13H16N2O. The normalized spacial score (nSPS) is 12.6. The highest BCUT2D eigenvalue weighted by molar-refractivity contribution is 5.24. The van der Waals surface area contributed by atoms with Crippen molar-refractivity contribution in [2.45, 2.75) is 25.8 Å². The van der Waals surface area contributed by atoms with E-state index < -0.39 is 0 Å². The Kier molecular flexibility index (Phi) is 3.37. The fourth-order valence-electron chi connectivity index (χ4n) is 1.77. The van der Waals surface area contributed by atoms with Crippen LogP contribution in [-0.2, 0) is 6.42 Å². The Morgan fingerprint density at radius 2 is 2.31 bits per heavy atom. The molecule has 0 amide bonds. The molecule has 2 aromatic rings. The van der Waals surface area contributed by atoms with E-state index in [1.165, 1.54) is 5.56 Å². The molecule has 2 aromatic heterocycles. The van der Waals surface area contributed by atoms with Gasteiger partial charge in [0, 0.05) is 24.9 Å². The second kappa shape index (κ2) is 4.94. The summed E-state index contributed by atoms with van der Waals surface area (Å²) in [7, 11) is 0. The number of aryl methyl sites for hydroxylation is 2. The van der Waals surface area contributed by atoms with Crippen molar-refractivity contribution in [3.8, 4) is 0 Å². The zero-order chi connectivity index (χ0) is 11.4. The molecule has 0 radical (unpaired) electrons. The monoisotopic (exact) mass is 216 g/mol. The highest BCUT2D eigenvalue weighted by atomic mass is 16.3. The minimum atomic E-state index is 0.0267. The third-order valence-corrected chi connectivity index (χ3v) is 2.76. The molecule has 2 heterocycles. The number of aromatic nitrogens is 1. The maximum Gasteiger partial charge on any atom is 0.103 e. The van der Waals surface area contributed by atoms with Crippen molar-refractivity contribution in [3.05, 3.63) is 53.7 Å². The zero-order valence-corrected chi connectivity index (χ0v) is 9.39. The summed E-state index contributed by atoms with van der Waals surface area (Å²) in [5.41, 5.74) is 8.45. The van der Waals surface area contributed by atoms with Crippen LogP contribution in [0.3, 0.4) is 0 Å². The van der Waals surface area contributed by atoms with Gasteiger partial charge in [-0.3, -0.25) is 4.98 Å². The first-order valence-electron chi connectivity index (χ1n) is 5.46. The van der Waals surface area contributed by atoms with E-state index in [0.29, 0.717) is 0 Å². The van der Waals surface area contributed by atoms with Gasteiger partial charge in [0.15, 0.2) is 0 Å². The molecule has 0 aliphatic carbocycles. The van der Waals surface area contributed by atoms with Gasteiger partial charge in [0.05, 0.1) is 6.26 Å². The second-order valence-electron chi connectivity index (χ2n) is 3.96. The average Bonchev–Trinajstić information content (AvgIpc) is 2.79. The van der Waals surface area contributed by atoms with Crippen molar-refractivity contribution >= 4 is 0 Å². The Morgan fingerprint density at radius 1 is 1.44 bits per heavy atom. The molecule has 0 fully saturated rings. The Hall–Kier alpha value is -1.61. The molecule has 1 unspecified atom stereocenters. The van der Waals surface area contributed by atoms with Gasteiger partial charge in [-0.25, -0.2) is 0 Å². The lowest BCUT2D eigenvalue weighted by atomic mass is 10.00. The van der Waals surface area contributed by atoms with Crippen LogP contribution >= 0.6 is 0 Å². The molecule has 2 rings (SSSR count). The Morgan fingerprint density at radius 3 is 3.00 bits per heavy atom.